The zero-order chi connectivity index (χ0) is 19.4. The number of benzene rings is 2. The summed E-state index contributed by atoms with van der Waals surface area (Å²) in [6.07, 6.45) is 1.80. The van der Waals surface area contributed by atoms with Crippen LogP contribution in [0.1, 0.15) is 29.8 Å². The molecule has 1 atom stereocenters. The number of ether oxygens (including phenoxy) is 2. The summed E-state index contributed by atoms with van der Waals surface area (Å²) < 4.78 is 11.0. The smallest absolute Gasteiger partial charge is 0.181 e. The molecule has 27 heavy (non-hydrogen) atoms. The fraction of sp³-hybridized carbons (Fsp3) is 0.318. The summed E-state index contributed by atoms with van der Waals surface area (Å²) in [5, 5.41) is 0.963. The molecule has 1 heterocycles. The lowest BCUT2D eigenvalue weighted by Crippen LogP contribution is -2.35. The van der Waals surface area contributed by atoms with Crippen LogP contribution in [0.15, 0.2) is 48.7 Å². The molecule has 0 radical (unpaired) electrons. The van der Waals surface area contributed by atoms with E-state index in [1.165, 1.54) is 0 Å². The number of para-hydroxylation sites is 1. The van der Waals surface area contributed by atoms with Gasteiger partial charge in [0.25, 0.3) is 0 Å². The van der Waals surface area contributed by atoms with Gasteiger partial charge in [-0.1, -0.05) is 24.3 Å². The number of ketones is 1. The first-order chi connectivity index (χ1) is 13.0. The SMILES string of the molecule is CCOc1ccc(CN(C)[C@H](C)C(=O)c2c[nH]c3ccccc23)cc1OC. The van der Waals surface area contributed by atoms with Crippen molar-refractivity contribution >= 4 is 16.7 Å². The maximum atomic E-state index is 13.0. The second kappa shape index (κ2) is 8.27. The molecule has 1 N–H and O–H groups in total. The molecule has 1 aromatic heterocycles. The van der Waals surface area contributed by atoms with E-state index in [0.29, 0.717) is 18.9 Å². The number of nitrogens with zero attached hydrogens (tertiary/aromatic N) is 1. The van der Waals surface area contributed by atoms with Crippen molar-refractivity contribution < 1.29 is 14.3 Å². The Labute approximate surface area is 159 Å². The van der Waals surface area contributed by atoms with Gasteiger partial charge in [-0.3, -0.25) is 9.69 Å². The Bertz CT molecular complexity index is 932. The van der Waals surface area contributed by atoms with Gasteiger partial charge in [0.1, 0.15) is 0 Å². The molecule has 0 saturated heterocycles. The van der Waals surface area contributed by atoms with Gasteiger partial charge in [0, 0.05) is 29.2 Å². The molecular formula is C22H26N2O3. The lowest BCUT2D eigenvalue weighted by atomic mass is 10.0. The van der Waals surface area contributed by atoms with Crippen molar-refractivity contribution in [3.8, 4) is 11.5 Å². The van der Waals surface area contributed by atoms with E-state index in [0.717, 1.165) is 27.8 Å². The van der Waals surface area contributed by atoms with E-state index in [4.69, 9.17) is 9.47 Å². The van der Waals surface area contributed by atoms with Gasteiger partial charge in [-0.15, -0.1) is 0 Å². The molecule has 3 rings (SSSR count). The zero-order valence-corrected chi connectivity index (χ0v) is 16.3. The number of rotatable bonds is 8. The number of nitrogens with one attached hydrogen (secondary N) is 1. The van der Waals surface area contributed by atoms with Crippen LogP contribution in [0.25, 0.3) is 10.9 Å². The third-order valence-electron chi connectivity index (χ3n) is 4.86. The maximum absolute atomic E-state index is 13.0. The maximum Gasteiger partial charge on any atom is 0.181 e. The number of fused-ring (bicyclic) bond motifs is 1. The van der Waals surface area contributed by atoms with Crippen LogP contribution in [0.3, 0.4) is 0 Å². The highest BCUT2D eigenvalue weighted by atomic mass is 16.5. The van der Waals surface area contributed by atoms with Gasteiger partial charge in [-0.25, -0.2) is 0 Å². The van der Waals surface area contributed by atoms with Gasteiger partial charge in [0.2, 0.25) is 0 Å². The molecule has 0 amide bonds. The summed E-state index contributed by atoms with van der Waals surface area (Å²) in [6, 6.07) is 13.5. The normalized spacial score (nSPS) is 12.3. The van der Waals surface area contributed by atoms with Crippen molar-refractivity contribution in [2.45, 2.75) is 26.4 Å². The van der Waals surface area contributed by atoms with Crippen LogP contribution in [0.5, 0.6) is 11.5 Å². The van der Waals surface area contributed by atoms with E-state index in [2.05, 4.69) is 4.98 Å². The molecule has 0 aliphatic carbocycles. The molecule has 0 aliphatic heterocycles. The summed E-state index contributed by atoms with van der Waals surface area (Å²) in [6.45, 7) is 5.11. The highest BCUT2D eigenvalue weighted by Gasteiger charge is 2.22. The molecule has 0 fully saturated rings. The van der Waals surface area contributed by atoms with Crippen LogP contribution >= 0.6 is 0 Å². The molecule has 5 heteroatoms. The number of likely N-dealkylation sites (N-methyl/N-ethyl adjacent to an activating group) is 1. The van der Waals surface area contributed by atoms with Crippen LogP contribution in [0.2, 0.25) is 0 Å². The van der Waals surface area contributed by atoms with Crippen molar-refractivity contribution in [2.24, 2.45) is 0 Å². The molecule has 0 spiro atoms. The molecule has 142 valence electrons. The van der Waals surface area contributed by atoms with E-state index >= 15 is 0 Å². The van der Waals surface area contributed by atoms with Crippen molar-refractivity contribution in [2.75, 3.05) is 20.8 Å². The number of carbonyl (C=O) groups excluding carboxylic acids is 1. The Morgan fingerprint density at radius 1 is 1.19 bits per heavy atom. The second-order valence-corrected chi connectivity index (χ2v) is 6.62. The first-order valence-electron chi connectivity index (χ1n) is 9.15. The highest BCUT2D eigenvalue weighted by Crippen LogP contribution is 2.29. The van der Waals surface area contributed by atoms with Crippen molar-refractivity contribution in [1.29, 1.82) is 0 Å². The molecule has 0 unspecified atom stereocenters. The average Bonchev–Trinajstić information content (AvgIpc) is 3.12. The molecule has 0 aliphatic rings. The predicted molar refractivity (Wildman–Crippen MR) is 108 cm³/mol. The standard InChI is InChI=1S/C22H26N2O3/c1-5-27-20-11-10-16(12-21(20)26-4)14-24(3)15(2)22(25)18-13-23-19-9-7-6-8-17(18)19/h6-13,15,23H,5,14H2,1-4H3/t15-/m1/s1. The van der Waals surface area contributed by atoms with Gasteiger partial charge < -0.3 is 14.5 Å². The van der Waals surface area contributed by atoms with Crippen molar-refractivity contribution in [1.82, 2.24) is 9.88 Å². The van der Waals surface area contributed by atoms with Gasteiger partial charge >= 0.3 is 0 Å². The monoisotopic (exact) mass is 366 g/mol. The third kappa shape index (κ3) is 3.98. The molecule has 0 bridgehead atoms. The first-order valence-corrected chi connectivity index (χ1v) is 9.15. The van der Waals surface area contributed by atoms with Gasteiger partial charge in [-0.2, -0.15) is 0 Å². The summed E-state index contributed by atoms with van der Waals surface area (Å²) >= 11 is 0. The van der Waals surface area contributed by atoms with Crippen LogP contribution < -0.4 is 9.47 Å². The van der Waals surface area contributed by atoms with E-state index in [1.54, 1.807) is 13.3 Å². The van der Waals surface area contributed by atoms with Crippen LogP contribution in [0, 0.1) is 0 Å². The fourth-order valence-corrected chi connectivity index (χ4v) is 3.21. The minimum atomic E-state index is -0.248. The number of methoxy groups -OCH3 is 1. The van der Waals surface area contributed by atoms with Gasteiger partial charge in [0.05, 0.1) is 19.8 Å². The Morgan fingerprint density at radius 3 is 2.70 bits per heavy atom. The predicted octanol–water partition coefficient (Wildman–Crippen LogP) is 4.28. The minimum Gasteiger partial charge on any atom is -0.493 e. The number of hydrogen-bond donors (Lipinski definition) is 1. The number of aromatic amines is 1. The topological polar surface area (TPSA) is 54.6 Å². The number of H-pyrrole nitrogens is 1. The highest BCUT2D eigenvalue weighted by molar-refractivity contribution is 6.10. The fourth-order valence-electron chi connectivity index (χ4n) is 3.21. The second-order valence-electron chi connectivity index (χ2n) is 6.62. The third-order valence-corrected chi connectivity index (χ3v) is 4.86. The number of hydrogen-bond acceptors (Lipinski definition) is 4. The summed E-state index contributed by atoms with van der Waals surface area (Å²) in [5.41, 5.74) is 2.78. The summed E-state index contributed by atoms with van der Waals surface area (Å²) in [7, 11) is 3.59. The molecule has 3 aromatic rings. The van der Waals surface area contributed by atoms with Crippen LogP contribution in [-0.2, 0) is 6.54 Å². The summed E-state index contributed by atoms with van der Waals surface area (Å²) in [4.78, 5) is 18.2. The first kappa shape index (κ1) is 19.0. The van der Waals surface area contributed by atoms with E-state index < -0.39 is 0 Å². The van der Waals surface area contributed by atoms with E-state index in [9.17, 15) is 4.79 Å². The van der Waals surface area contributed by atoms with Crippen LogP contribution in [0.4, 0.5) is 0 Å². The molecule has 2 aromatic carbocycles. The van der Waals surface area contributed by atoms with E-state index in [-0.39, 0.29) is 11.8 Å². The zero-order valence-electron chi connectivity index (χ0n) is 16.3. The number of aromatic nitrogens is 1. The lowest BCUT2D eigenvalue weighted by molar-refractivity contribution is 0.0864. The lowest BCUT2D eigenvalue weighted by Gasteiger charge is -2.24. The Kier molecular flexibility index (Phi) is 5.81. The average molecular weight is 366 g/mol. The molecule has 0 saturated carbocycles. The largest absolute Gasteiger partial charge is 0.493 e. The Balaban J connectivity index is 1.75. The Morgan fingerprint density at radius 2 is 1.96 bits per heavy atom. The Hall–Kier alpha value is -2.79. The minimum absolute atomic E-state index is 0.104. The van der Waals surface area contributed by atoms with Crippen molar-refractivity contribution in [3.05, 3.63) is 59.8 Å². The van der Waals surface area contributed by atoms with Gasteiger partial charge in [0.15, 0.2) is 17.3 Å². The quantitative estimate of drug-likeness (QED) is 0.605. The molecular weight excluding hydrogens is 340 g/mol. The molecule has 5 nitrogen and oxygen atoms in total. The van der Waals surface area contributed by atoms with Crippen molar-refractivity contribution in [3.63, 3.8) is 0 Å². The van der Waals surface area contributed by atoms with E-state index in [1.807, 2.05) is 68.3 Å². The van der Waals surface area contributed by atoms with Crippen LogP contribution in [-0.4, -0.2) is 42.5 Å². The summed E-state index contributed by atoms with van der Waals surface area (Å²) in [5.74, 6) is 1.54. The number of Topliss-reactive ketones (excluding diaryl/α,β-unsaturated/α-hetero) is 1. The van der Waals surface area contributed by atoms with Gasteiger partial charge in [-0.05, 0) is 44.7 Å². The number of carbonyl (C=O) groups is 1.